The first kappa shape index (κ1) is 16.8. The van der Waals surface area contributed by atoms with E-state index in [0.717, 1.165) is 25.6 Å². The Bertz CT molecular complexity index is 873. The molecule has 2 bridgehead atoms. The van der Waals surface area contributed by atoms with Gasteiger partial charge in [0.25, 0.3) is 5.91 Å². The molecular formula is C19H19F2N3O3. The number of piperidine rings is 3. The first-order chi connectivity index (χ1) is 13.0. The van der Waals surface area contributed by atoms with Crippen LogP contribution in [0.25, 0.3) is 0 Å². The molecule has 8 heteroatoms. The van der Waals surface area contributed by atoms with E-state index < -0.39 is 29.5 Å². The highest BCUT2D eigenvalue weighted by Gasteiger charge is 2.49. The van der Waals surface area contributed by atoms with Gasteiger partial charge in [-0.05, 0) is 55.3 Å². The Hall–Kier alpha value is -2.35. The monoisotopic (exact) mass is 375 g/mol. The minimum absolute atomic E-state index is 0.0797. The number of nitrogens with one attached hydrogen (secondary N) is 2. The SMILES string of the molecule is O=C1CCC(N2Cc3c(cc(F)c(F)c3C3C4CNCC3C4)C2=O)C(=O)N1. The van der Waals surface area contributed by atoms with E-state index in [1.807, 2.05) is 0 Å². The number of carbonyl (C=O) groups excluding carboxylic acids is 3. The van der Waals surface area contributed by atoms with Crippen molar-refractivity contribution < 1.29 is 23.2 Å². The molecule has 1 saturated carbocycles. The van der Waals surface area contributed by atoms with Crippen LogP contribution in [0.1, 0.15) is 46.7 Å². The van der Waals surface area contributed by atoms with Gasteiger partial charge >= 0.3 is 0 Å². The number of benzene rings is 1. The van der Waals surface area contributed by atoms with Crippen LogP contribution in [0.15, 0.2) is 6.07 Å². The Balaban J connectivity index is 1.54. The second-order valence-corrected chi connectivity index (χ2v) is 7.95. The molecule has 3 aliphatic heterocycles. The first-order valence-electron chi connectivity index (χ1n) is 9.32. The number of fused-ring (bicyclic) bond motifs is 3. The normalized spacial score (nSPS) is 32.2. The van der Waals surface area contributed by atoms with Gasteiger partial charge in [0.15, 0.2) is 11.6 Å². The summed E-state index contributed by atoms with van der Waals surface area (Å²) < 4.78 is 29.1. The maximum Gasteiger partial charge on any atom is 0.255 e. The number of hydrogen-bond donors (Lipinski definition) is 2. The lowest BCUT2D eigenvalue weighted by Crippen LogP contribution is -2.53. The molecule has 2 saturated heterocycles. The Labute approximate surface area is 154 Å². The number of nitrogens with zero attached hydrogens (tertiary/aromatic N) is 1. The summed E-state index contributed by atoms with van der Waals surface area (Å²) in [5.74, 6) is -2.86. The zero-order valence-electron chi connectivity index (χ0n) is 14.6. The summed E-state index contributed by atoms with van der Waals surface area (Å²) in [4.78, 5) is 37.8. The van der Waals surface area contributed by atoms with Gasteiger partial charge in [0.2, 0.25) is 11.8 Å². The number of carbonyl (C=O) groups is 3. The summed E-state index contributed by atoms with van der Waals surface area (Å²) in [7, 11) is 0. The van der Waals surface area contributed by atoms with E-state index in [0.29, 0.717) is 11.1 Å². The van der Waals surface area contributed by atoms with Crippen molar-refractivity contribution in [2.75, 3.05) is 13.1 Å². The van der Waals surface area contributed by atoms with Gasteiger partial charge in [-0.1, -0.05) is 0 Å². The van der Waals surface area contributed by atoms with Gasteiger partial charge in [-0.25, -0.2) is 8.78 Å². The van der Waals surface area contributed by atoms with E-state index in [4.69, 9.17) is 0 Å². The van der Waals surface area contributed by atoms with Crippen molar-refractivity contribution in [1.82, 2.24) is 15.5 Å². The summed E-state index contributed by atoms with van der Waals surface area (Å²) in [6.45, 7) is 1.60. The molecule has 1 aromatic rings. The number of halogens is 2. The second kappa shape index (κ2) is 5.82. The Morgan fingerprint density at radius 2 is 1.85 bits per heavy atom. The maximum absolute atomic E-state index is 14.8. The predicted octanol–water partition coefficient (Wildman–Crippen LogP) is 1.05. The van der Waals surface area contributed by atoms with E-state index in [1.165, 1.54) is 4.90 Å². The molecule has 3 fully saturated rings. The van der Waals surface area contributed by atoms with Crippen molar-refractivity contribution in [3.05, 3.63) is 34.4 Å². The smallest absolute Gasteiger partial charge is 0.255 e. The minimum Gasteiger partial charge on any atom is -0.322 e. The fourth-order valence-electron chi connectivity index (χ4n) is 5.24. The second-order valence-electron chi connectivity index (χ2n) is 7.95. The van der Waals surface area contributed by atoms with Crippen LogP contribution in [0.3, 0.4) is 0 Å². The molecule has 5 rings (SSSR count). The maximum atomic E-state index is 14.8. The first-order valence-corrected chi connectivity index (χ1v) is 9.32. The lowest BCUT2D eigenvalue weighted by atomic mass is 9.59. The third-order valence-electron chi connectivity index (χ3n) is 6.54. The van der Waals surface area contributed by atoms with Crippen molar-refractivity contribution in [2.45, 2.75) is 37.8 Å². The Morgan fingerprint density at radius 3 is 2.52 bits per heavy atom. The van der Waals surface area contributed by atoms with Crippen LogP contribution in [0.4, 0.5) is 8.78 Å². The minimum atomic E-state index is -1.01. The van der Waals surface area contributed by atoms with Crippen LogP contribution >= 0.6 is 0 Å². The van der Waals surface area contributed by atoms with Crippen LogP contribution in [-0.2, 0) is 16.1 Å². The highest BCUT2D eigenvalue weighted by molar-refractivity contribution is 6.05. The topological polar surface area (TPSA) is 78.5 Å². The molecule has 1 aliphatic carbocycles. The summed E-state index contributed by atoms with van der Waals surface area (Å²) in [6, 6.07) is 0.166. The van der Waals surface area contributed by atoms with Crippen molar-refractivity contribution in [2.24, 2.45) is 11.8 Å². The van der Waals surface area contributed by atoms with Gasteiger partial charge in [-0.2, -0.15) is 0 Å². The highest BCUT2D eigenvalue weighted by Crippen LogP contribution is 2.52. The van der Waals surface area contributed by atoms with Gasteiger partial charge < -0.3 is 10.2 Å². The zero-order chi connectivity index (χ0) is 18.9. The highest BCUT2D eigenvalue weighted by atomic mass is 19.2. The summed E-state index contributed by atoms with van der Waals surface area (Å²) in [6.07, 6.45) is 1.35. The van der Waals surface area contributed by atoms with Crippen molar-refractivity contribution in [3.63, 3.8) is 0 Å². The third-order valence-corrected chi connectivity index (χ3v) is 6.54. The molecule has 4 aliphatic rings. The summed E-state index contributed by atoms with van der Waals surface area (Å²) >= 11 is 0. The molecule has 142 valence electrons. The van der Waals surface area contributed by atoms with Gasteiger partial charge in [-0.3, -0.25) is 19.7 Å². The Morgan fingerprint density at radius 1 is 1.11 bits per heavy atom. The molecule has 3 unspecified atom stereocenters. The zero-order valence-corrected chi connectivity index (χ0v) is 14.6. The average molecular weight is 375 g/mol. The molecule has 0 radical (unpaired) electrons. The standard InChI is InChI=1S/C19H19F2N3O3/c20-12-4-10-11(16(17(12)21)15-8-3-9(15)6-22-5-8)7-24(19(10)27)13-1-2-14(25)23-18(13)26/h4,8-9,13,15,22H,1-3,5-7H2,(H,23,25,26). The fraction of sp³-hybridized carbons (Fsp3) is 0.526. The van der Waals surface area contributed by atoms with E-state index in [1.54, 1.807) is 0 Å². The van der Waals surface area contributed by atoms with Gasteiger partial charge in [0.05, 0.1) is 0 Å². The quantitative estimate of drug-likeness (QED) is 0.758. The average Bonchev–Trinajstić information content (AvgIpc) is 2.96. The molecule has 1 aromatic carbocycles. The van der Waals surface area contributed by atoms with Crippen molar-refractivity contribution >= 4 is 17.7 Å². The van der Waals surface area contributed by atoms with Crippen LogP contribution in [0.2, 0.25) is 0 Å². The molecule has 3 amide bonds. The molecular weight excluding hydrogens is 356 g/mol. The van der Waals surface area contributed by atoms with Crippen LogP contribution in [0.5, 0.6) is 0 Å². The summed E-state index contributed by atoms with van der Waals surface area (Å²) in [5.41, 5.74) is 0.965. The lowest BCUT2D eigenvalue weighted by Gasteiger charge is -2.50. The number of amides is 3. The van der Waals surface area contributed by atoms with E-state index in [2.05, 4.69) is 10.6 Å². The Kier molecular flexibility index (Phi) is 3.62. The number of imide groups is 1. The number of rotatable bonds is 2. The lowest BCUT2D eigenvalue weighted by molar-refractivity contribution is -0.136. The van der Waals surface area contributed by atoms with Gasteiger partial charge in [0, 0.05) is 24.1 Å². The van der Waals surface area contributed by atoms with Crippen molar-refractivity contribution in [3.8, 4) is 0 Å². The van der Waals surface area contributed by atoms with Gasteiger partial charge in [-0.15, -0.1) is 0 Å². The predicted molar refractivity (Wildman–Crippen MR) is 89.6 cm³/mol. The van der Waals surface area contributed by atoms with Crippen molar-refractivity contribution in [1.29, 1.82) is 0 Å². The fourth-order valence-corrected chi connectivity index (χ4v) is 5.24. The van der Waals surface area contributed by atoms with E-state index in [-0.39, 0.29) is 48.6 Å². The van der Waals surface area contributed by atoms with Gasteiger partial charge in [0.1, 0.15) is 6.04 Å². The molecule has 2 N–H and O–H groups in total. The van der Waals surface area contributed by atoms with Crippen LogP contribution in [-0.4, -0.2) is 41.8 Å². The molecule has 6 nitrogen and oxygen atoms in total. The van der Waals surface area contributed by atoms with Crippen LogP contribution < -0.4 is 10.6 Å². The third kappa shape index (κ3) is 2.35. The molecule has 0 aromatic heterocycles. The molecule has 3 atom stereocenters. The molecule has 0 spiro atoms. The molecule has 27 heavy (non-hydrogen) atoms. The molecule has 3 heterocycles. The number of hydrogen-bond acceptors (Lipinski definition) is 4. The van der Waals surface area contributed by atoms with E-state index in [9.17, 15) is 23.2 Å². The van der Waals surface area contributed by atoms with Crippen LogP contribution in [0, 0.1) is 23.5 Å². The van der Waals surface area contributed by atoms with E-state index >= 15 is 0 Å². The summed E-state index contributed by atoms with van der Waals surface area (Å²) in [5, 5.41) is 5.53. The largest absolute Gasteiger partial charge is 0.322 e.